The largest absolute Gasteiger partial charge is 0.457 e. The highest BCUT2D eigenvalue weighted by Crippen LogP contribution is 2.64. The molecule has 0 unspecified atom stereocenters. The maximum Gasteiger partial charge on any atom is 0.132 e. The molecule has 59 heavy (non-hydrogen) atoms. The molecule has 0 atom stereocenters. The minimum atomic E-state index is -0.567. The first-order valence-electron chi connectivity index (χ1n) is 20.3. The first-order valence-corrected chi connectivity index (χ1v) is 20.3. The van der Waals surface area contributed by atoms with Crippen molar-refractivity contribution in [3.63, 3.8) is 0 Å². The summed E-state index contributed by atoms with van der Waals surface area (Å²) in [4.78, 5) is 2.42. The van der Waals surface area contributed by atoms with Gasteiger partial charge in [-0.2, -0.15) is 0 Å². The molecule has 0 amide bonds. The molecule has 9 aromatic carbocycles. The fourth-order valence-corrected chi connectivity index (χ4v) is 11.0. The summed E-state index contributed by atoms with van der Waals surface area (Å²) in [7, 11) is 0. The van der Waals surface area contributed by atoms with Gasteiger partial charge in [-0.25, -0.2) is 0 Å². The van der Waals surface area contributed by atoms with Crippen LogP contribution in [0.2, 0.25) is 0 Å². The molecule has 13 rings (SSSR count). The number of hydrogen-bond acceptors (Lipinski definition) is 3. The van der Waals surface area contributed by atoms with Gasteiger partial charge in [0.1, 0.15) is 23.0 Å². The predicted molar refractivity (Wildman–Crippen MR) is 236 cm³/mol. The minimum absolute atomic E-state index is 0.525. The summed E-state index contributed by atoms with van der Waals surface area (Å²) in [6.45, 7) is 0. The quantitative estimate of drug-likeness (QED) is 0.179. The molecule has 0 saturated carbocycles. The van der Waals surface area contributed by atoms with Gasteiger partial charge in [0.2, 0.25) is 0 Å². The monoisotopic (exact) mass is 753 g/mol. The van der Waals surface area contributed by atoms with Crippen LogP contribution in [0.5, 0.6) is 23.0 Å². The molecule has 2 aliphatic carbocycles. The van der Waals surface area contributed by atoms with Gasteiger partial charge in [0.25, 0.3) is 0 Å². The maximum atomic E-state index is 6.66. The molecule has 3 nitrogen and oxygen atoms in total. The molecule has 0 radical (unpaired) electrons. The number of hydrogen-bond donors (Lipinski definition) is 0. The van der Waals surface area contributed by atoms with E-state index in [4.69, 9.17) is 9.47 Å². The van der Waals surface area contributed by atoms with Crippen molar-refractivity contribution in [2.75, 3.05) is 4.90 Å². The van der Waals surface area contributed by atoms with Crippen molar-refractivity contribution in [2.45, 2.75) is 10.8 Å². The average molecular weight is 754 g/mol. The van der Waals surface area contributed by atoms with Crippen molar-refractivity contribution >= 4 is 17.1 Å². The molecule has 0 aromatic heterocycles. The van der Waals surface area contributed by atoms with E-state index in [2.05, 4.69) is 217 Å². The molecule has 2 spiro atoms. The van der Waals surface area contributed by atoms with Crippen LogP contribution in [0, 0.1) is 0 Å². The van der Waals surface area contributed by atoms with Crippen molar-refractivity contribution in [2.24, 2.45) is 0 Å². The van der Waals surface area contributed by atoms with Crippen molar-refractivity contribution in [3.05, 3.63) is 257 Å². The zero-order valence-corrected chi connectivity index (χ0v) is 32.0. The Morgan fingerprint density at radius 1 is 0.254 bits per heavy atom. The summed E-state index contributed by atoms with van der Waals surface area (Å²) in [6, 6.07) is 77.1. The number of benzene rings is 9. The van der Waals surface area contributed by atoms with Gasteiger partial charge in [0, 0.05) is 39.3 Å². The van der Waals surface area contributed by atoms with E-state index >= 15 is 0 Å². The van der Waals surface area contributed by atoms with Gasteiger partial charge in [0.15, 0.2) is 0 Å². The standard InChI is InChI=1S/C56H35NO2/c1-2-16-36(17-3-1)57(37-31-33-45-42(34-37)40-19-5-7-21-44(40)55(45)46-22-8-12-26-51(46)58-52-27-13-9-23-47(52)55)38-30-32-41-39-18-4-6-20-43(39)56(50(41)35-38)48-24-10-14-28-53(48)59-54-29-15-11-25-49(54)56/h1-35H. The second-order valence-electron chi connectivity index (χ2n) is 15.9. The Bertz CT molecular complexity index is 3110. The molecule has 3 heteroatoms. The fourth-order valence-electron chi connectivity index (χ4n) is 11.0. The fraction of sp³-hybridized carbons (Fsp3) is 0.0357. The molecule has 9 aromatic rings. The van der Waals surface area contributed by atoms with E-state index < -0.39 is 10.8 Å². The van der Waals surface area contributed by atoms with Crippen LogP contribution in [-0.4, -0.2) is 0 Å². The van der Waals surface area contributed by atoms with Crippen LogP contribution in [-0.2, 0) is 10.8 Å². The lowest BCUT2D eigenvalue weighted by molar-refractivity contribution is 0.436. The summed E-state index contributed by atoms with van der Waals surface area (Å²) >= 11 is 0. The van der Waals surface area contributed by atoms with Gasteiger partial charge < -0.3 is 14.4 Å². The molecule has 0 fully saturated rings. The van der Waals surface area contributed by atoms with Crippen molar-refractivity contribution in [1.82, 2.24) is 0 Å². The number of nitrogens with zero attached hydrogens (tertiary/aromatic N) is 1. The topological polar surface area (TPSA) is 21.7 Å². The van der Waals surface area contributed by atoms with E-state index in [9.17, 15) is 0 Å². The first kappa shape index (κ1) is 32.5. The second-order valence-corrected chi connectivity index (χ2v) is 15.9. The van der Waals surface area contributed by atoms with Gasteiger partial charge in [-0.15, -0.1) is 0 Å². The molecule has 2 heterocycles. The molecule has 0 bridgehead atoms. The molecule has 0 N–H and O–H groups in total. The number of para-hydroxylation sites is 5. The number of anilines is 3. The SMILES string of the molecule is c1ccc(N(c2ccc3c(c2)-c2ccccc2C32c3ccccc3Oc3ccccc32)c2ccc3c(c2)C2(c4ccccc4Oc4ccccc42)c2ccccc2-3)cc1. The highest BCUT2D eigenvalue weighted by atomic mass is 16.5. The summed E-state index contributed by atoms with van der Waals surface area (Å²) in [5.41, 5.74) is 16.8. The van der Waals surface area contributed by atoms with E-state index in [0.29, 0.717) is 0 Å². The van der Waals surface area contributed by atoms with Crippen LogP contribution in [0.25, 0.3) is 22.3 Å². The highest BCUT2D eigenvalue weighted by Gasteiger charge is 2.53. The molecular formula is C56H35NO2. The highest BCUT2D eigenvalue weighted by molar-refractivity contribution is 5.94. The van der Waals surface area contributed by atoms with E-state index in [1.807, 2.05) is 0 Å². The van der Waals surface area contributed by atoms with Crippen molar-refractivity contribution < 1.29 is 9.47 Å². The third-order valence-corrected chi connectivity index (χ3v) is 13.2. The zero-order chi connectivity index (χ0) is 38.7. The maximum absolute atomic E-state index is 6.66. The smallest absolute Gasteiger partial charge is 0.132 e. The Labute approximate surface area is 343 Å². The number of rotatable bonds is 3. The van der Waals surface area contributed by atoms with E-state index in [1.54, 1.807) is 0 Å². The summed E-state index contributed by atoms with van der Waals surface area (Å²) < 4.78 is 13.3. The van der Waals surface area contributed by atoms with Crippen LogP contribution in [0.3, 0.4) is 0 Å². The van der Waals surface area contributed by atoms with Gasteiger partial charge in [0.05, 0.1) is 10.8 Å². The van der Waals surface area contributed by atoms with E-state index in [-0.39, 0.29) is 0 Å². The number of ether oxygens (including phenoxy) is 2. The minimum Gasteiger partial charge on any atom is -0.457 e. The third kappa shape index (κ3) is 4.16. The third-order valence-electron chi connectivity index (χ3n) is 13.2. The summed E-state index contributed by atoms with van der Waals surface area (Å²) in [6.07, 6.45) is 0. The molecule has 2 aliphatic heterocycles. The van der Waals surface area contributed by atoms with Crippen LogP contribution < -0.4 is 14.4 Å². The normalized spacial score (nSPS) is 14.6. The Hall–Kier alpha value is -7.62. The number of fused-ring (bicyclic) bond motifs is 18. The second kappa shape index (κ2) is 12.0. The van der Waals surface area contributed by atoms with Gasteiger partial charge >= 0.3 is 0 Å². The lowest BCUT2D eigenvalue weighted by Crippen LogP contribution is -2.32. The van der Waals surface area contributed by atoms with Gasteiger partial charge in [-0.05, 0) is 105 Å². The Kier molecular flexibility index (Phi) is 6.58. The predicted octanol–water partition coefficient (Wildman–Crippen LogP) is 14.1. The lowest BCUT2D eigenvalue weighted by Gasteiger charge is -2.40. The molecule has 0 saturated heterocycles. The lowest BCUT2D eigenvalue weighted by atomic mass is 9.66. The van der Waals surface area contributed by atoms with Crippen molar-refractivity contribution in [1.29, 1.82) is 0 Å². The zero-order valence-electron chi connectivity index (χ0n) is 32.0. The van der Waals surface area contributed by atoms with E-state index in [0.717, 1.165) is 62.3 Å². The molecule has 276 valence electrons. The van der Waals surface area contributed by atoms with Crippen LogP contribution in [0.1, 0.15) is 44.5 Å². The van der Waals surface area contributed by atoms with Crippen molar-refractivity contribution in [3.8, 4) is 45.3 Å². The van der Waals surface area contributed by atoms with Crippen LogP contribution in [0.15, 0.2) is 212 Å². The Morgan fingerprint density at radius 3 is 1.17 bits per heavy atom. The van der Waals surface area contributed by atoms with Gasteiger partial charge in [-0.1, -0.05) is 152 Å². The Morgan fingerprint density at radius 2 is 0.627 bits per heavy atom. The first-order chi connectivity index (χ1) is 29.3. The molecular weight excluding hydrogens is 719 g/mol. The van der Waals surface area contributed by atoms with E-state index in [1.165, 1.54) is 44.5 Å². The van der Waals surface area contributed by atoms with Gasteiger partial charge in [-0.3, -0.25) is 0 Å². The van der Waals surface area contributed by atoms with Crippen LogP contribution >= 0.6 is 0 Å². The average Bonchev–Trinajstić information content (AvgIpc) is 3.75. The van der Waals surface area contributed by atoms with Crippen LogP contribution in [0.4, 0.5) is 17.1 Å². The Balaban J connectivity index is 1.07. The summed E-state index contributed by atoms with van der Waals surface area (Å²) in [5, 5.41) is 0. The summed E-state index contributed by atoms with van der Waals surface area (Å²) in [5.74, 6) is 3.57. The molecule has 4 aliphatic rings.